The Kier molecular flexibility index (Phi) is 5.22. The maximum absolute atomic E-state index is 12.9. The van der Waals surface area contributed by atoms with Crippen LogP contribution in [0.2, 0.25) is 0 Å². The average Bonchev–Trinajstić information content (AvgIpc) is 2.37. The molecule has 0 spiro atoms. The van der Waals surface area contributed by atoms with E-state index in [4.69, 9.17) is 10.5 Å². The second-order valence-electron chi connectivity index (χ2n) is 3.34. The summed E-state index contributed by atoms with van der Waals surface area (Å²) in [6.07, 6.45) is -1.22. The van der Waals surface area contributed by atoms with Gasteiger partial charge in [-0.05, 0) is 12.1 Å². The van der Waals surface area contributed by atoms with Crippen molar-refractivity contribution in [3.63, 3.8) is 0 Å². The van der Waals surface area contributed by atoms with Crippen LogP contribution in [0.5, 0.6) is 5.75 Å². The number of urea groups is 1. The summed E-state index contributed by atoms with van der Waals surface area (Å²) in [5, 5.41) is 4.99. The van der Waals surface area contributed by atoms with Gasteiger partial charge in [-0.2, -0.15) is 0 Å². The summed E-state index contributed by atoms with van der Waals surface area (Å²) in [5.41, 5.74) is 5.62. The van der Waals surface area contributed by atoms with E-state index < -0.39 is 6.17 Å². The lowest BCUT2D eigenvalue weighted by Crippen LogP contribution is -2.25. The largest absolute Gasteiger partial charge is 0.488 e. The molecule has 1 unspecified atom stereocenters. The summed E-state index contributed by atoms with van der Waals surface area (Å²) < 4.78 is 18.2. The SMILES string of the molecule is CNC(=O)Nc1ccccc1OCC(F)CN. The van der Waals surface area contributed by atoms with E-state index in [9.17, 15) is 9.18 Å². The molecule has 0 radical (unpaired) electrons. The first-order chi connectivity index (χ1) is 8.17. The number of halogens is 1. The molecule has 0 fully saturated rings. The number of amides is 2. The Bertz CT molecular complexity index is 373. The highest BCUT2D eigenvalue weighted by molar-refractivity contribution is 5.90. The van der Waals surface area contributed by atoms with Crippen molar-refractivity contribution in [1.29, 1.82) is 0 Å². The Balaban J connectivity index is 2.67. The molecule has 94 valence electrons. The third-order valence-corrected chi connectivity index (χ3v) is 2.04. The van der Waals surface area contributed by atoms with Gasteiger partial charge in [0.2, 0.25) is 0 Å². The lowest BCUT2D eigenvalue weighted by molar-refractivity contribution is 0.202. The minimum atomic E-state index is -1.22. The molecule has 0 heterocycles. The molecule has 5 nitrogen and oxygen atoms in total. The average molecular weight is 241 g/mol. The first-order valence-electron chi connectivity index (χ1n) is 5.22. The fraction of sp³-hybridized carbons (Fsp3) is 0.364. The van der Waals surface area contributed by atoms with E-state index in [1.165, 1.54) is 7.05 Å². The van der Waals surface area contributed by atoms with Crippen LogP contribution in [0.1, 0.15) is 0 Å². The number of benzene rings is 1. The van der Waals surface area contributed by atoms with Gasteiger partial charge in [0.25, 0.3) is 0 Å². The van der Waals surface area contributed by atoms with Gasteiger partial charge in [0, 0.05) is 13.6 Å². The first-order valence-corrected chi connectivity index (χ1v) is 5.22. The number of anilines is 1. The zero-order valence-corrected chi connectivity index (χ0v) is 9.57. The van der Waals surface area contributed by atoms with Gasteiger partial charge in [-0.1, -0.05) is 12.1 Å². The van der Waals surface area contributed by atoms with Gasteiger partial charge in [-0.3, -0.25) is 0 Å². The molecular weight excluding hydrogens is 225 g/mol. The number of hydrogen-bond donors (Lipinski definition) is 3. The highest BCUT2D eigenvalue weighted by Crippen LogP contribution is 2.23. The molecule has 1 aromatic carbocycles. The van der Waals surface area contributed by atoms with Crippen LogP contribution < -0.4 is 21.1 Å². The summed E-state index contributed by atoms with van der Waals surface area (Å²) in [7, 11) is 1.50. The monoisotopic (exact) mass is 241 g/mol. The fourth-order valence-electron chi connectivity index (χ4n) is 1.13. The number of para-hydroxylation sites is 2. The lowest BCUT2D eigenvalue weighted by atomic mass is 10.3. The first kappa shape index (κ1) is 13.2. The molecule has 0 aliphatic carbocycles. The Labute approximate surface area is 99.1 Å². The molecule has 2 amide bonds. The van der Waals surface area contributed by atoms with Gasteiger partial charge in [0.15, 0.2) is 0 Å². The number of carbonyl (C=O) groups is 1. The highest BCUT2D eigenvalue weighted by Gasteiger charge is 2.09. The summed E-state index contributed by atoms with van der Waals surface area (Å²) in [6, 6.07) is 6.43. The van der Waals surface area contributed by atoms with Crippen molar-refractivity contribution in [3.8, 4) is 5.75 Å². The lowest BCUT2D eigenvalue weighted by Gasteiger charge is -2.13. The molecule has 17 heavy (non-hydrogen) atoms. The molecule has 6 heteroatoms. The van der Waals surface area contributed by atoms with E-state index in [1.54, 1.807) is 24.3 Å². The number of alkyl halides is 1. The van der Waals surface area contributed by atoms with Crippen molar-refractivity contribution in [1.82, 2.24) is 5.32 Å². The Morgan fingerprint density at radius 2 is 2.24 bits per heavy atom. The molecule has 0 saturated carbocycles. The number of nitrogens with two attached hydrogens (primary N) is 1. The summed E-state index contributed by atoms with van der Waals surface area (Å²) in [5.74, 6) is 0.409. The molecule has 0 bridgehead atoms. The maximum Gasteiger partial charge on any atom is 0.319 e. The number of rotatable bonds is 5. The number of nitrogens with one attached hydrogen (secondary N) is 2. The molecule has 1 atom stereocenters. The van der Waals surface area contributed by atoms with Crippen LogP contribution in [0, 0.1) is 0 Å². The number of hydrogen-bond acceptors (Lipinski definition) is 3. The van der Waals surface area contributed by atoms with Crippen molar-refractivity contribution in [2.45, 2.75) is 6.17 Å². The summed E-state index contributed by atoms with van der Waals surface area (Å²) in [4.78, 5) is 11.2. The van der Waals surface area contributed by atoms with Gasteiger partial charge >= 0.3 is 6.03 Å². The van der Waals surface area contributed by atoms with Crippen molar-refractivity contribution in [2.24, 2.45) is 5.73 Å². The van der Waals surface area contributed by atoms with Crippen LogP contribution in [-0.4, -0.2) is 32.4 Å². The van der Waals surface area contributed by atoms with E-state index in [2.05, 4.69) is 10.6 Å². The van der Waals surface area contributed by atoms with Crippen LogP contribution in [0.3, 0.4) is 0 Å². The smallest absolute Gasteiger partial charge is 0.319 e. The number of carbonyl (C=O) groups excluding carboxylic acids is 1. The Hall–Kier alpha value is -1.82. The predicted molar refractivity (Wildman–Crippen MR) is 64.0 cm³/mol. The fourth-order valence-corrected chi connectivity index (χ4v) is 1.13. The van der Waals surface area contributed by atoms with E-state index >= 15 is 0 Å². The standard InChI is InChI=1S/C11H16FN3O2/c1-14-11(16)15-9-4-2-3-5-10(9)17-7-8(12)6-13/h2-5,8H,6-7,13H2,1H3,(H2,14,15,16). The van der Waals surface area contributed by atoms with E-state index in [1.807, 2.05) is 0 Å². The minimum Gasteiger partial charge on any atom is -0.488 e. The second kappa shape index (κ2) is 6.70. The van der Waals surface area contributed by atoms with Crippen LogP contribution in [0.4, 0.5) is 14.9 Å². The maximum atomic E-state index is 12.9. The van der Waals surface area contributed by atoms with Crippen LogP contribution in [0.15, 0.2) is 24.3 Å². The van der Waals surface area contributed by atoms with Crippen molar-refractivity contribution >= 4 is 11.7 Å². The molecule has 0 saturated heterocycles. The van der Waals surface area contributed by atoms with E-state index in [-0.39, 0.29) is 19.2 Å². The molecular formula is C11H16FN3O2. The quantitative estimate of drug-likeness (QED) is 0.722. The highest BCUT2D eigenvalue weighted by atomic mass is 19.1. The van der Waals surface area contributed by atoms with Gasteiger partial charge < -0.3 is 21.1 Å². The molecule has 1 rings (SSSR count). The molecule has 1 aromatic rings. The predicted octanol–water partition coefficient (Wildman–Crippen LogP) is 1.11. The summed E-state index contributed by atoms with van der Waals surface area (Å²) in [6.45, 7) is -0.228. The topological polar surface area (TPSA) is 76.4 Å². The van der Waals surface area contributed by atoms with Crippen molar-refractivity contribution < 1.29 is 13.9 Å². The van der Waals surface area contributed by atoms with Crippen LogP contribution in [0.25, 0.3) is 0 Å². The molecule has 4 N–H and O–H groups in total. The number of ether oxygens (including phenoxy) is 1. The molecule has 0 aromatic heterocycles. The Morgan fingerprint density at radius 3 is 2.88 bits per heavy atom. The van der Waals surface area contributed by atoms with E-state index in [0.717, 1.165) is 0 Å². The van der Waals surface area contributed by atoms with E-state index in [0.29, 0.717) is 11.4 Å². The molecule has 0 aliphatic heterocycles. The zero-order chi connectivity index (χ0) is 12.7. The third kappa shape index (κ3) is 4.28. The van der Waals surface area contributed by atoms with Crippen molar-refractivity contribution in [2.75, 3.05) is 25.5 Å². The second-order valence-corrected chi connectivity index (χ2v) is 3.34. The normalized spacial score (nSPS) is 11.7. The van der Waals surface area contributed by atoms with Crippen LogP contribution in [-0.2, 0) is 0 Å². The summed E-state index contributed by atoms with van der Waals surface area (Å²) >= 11 is 0. The van der Waals surface area contributed by atoms with Gasteiger partial charge in [-0.15, -0.1) is 0 Å². The van der Waals surface area contributed by atoms with Gasteiger partial charge in [-0.25, -0.2) is 9.18 Å². The third-order valence-electron chi connectivity index (χ3n) is 2.04. The Morgan fingerprint density at radius 1 is 1.53 bits per heavy atom. The van der Waals surface area contributed by atoms with Gasteiger partial charge in [0.1, 0.15) is 18.5 Å². The van der Waals surface area contributed by atoms with Gasteiger partial charge in [0.05, 0.1) is 5.69 Å². The molecule has 0 aliphatic rings. The minimum absolute atomic E-state index is 0.0922. The van der Waals surface area contributed by atoms with Crippen molar-refractivity contribution in [3.05, 3.63) is 24.3 Å². The van der Waals surface area contributed by atoms with Crippen LogP contribution >= 0.6 is 0 Å². The zero-order valence-electron chi connectivity index (χ0n) is 9.57.